The van der Waals surface area contributed by atoms with Crippen molar-refractivity contribution in [3.63, 3.8) is 0 Å². The Hall–Kier alpha value is -2.56. The van der Waals surface area contributed by atoms with E-state index in [4.69, 9.17) is 17.4 Å². The number of hydrogen-bond donors (Lipinski definition) is 2. The summed E-state index contributed by atoms with van der Waals surface area (Å²) >= 11 is 8.71. The van der Waals surface area contributed by atoms with Gasteiger partial charge in [0.25, 0.3) is 5.91 Å². The van der Waals surface area contributed by atoms with Crippen molar-refractivity contribution >= 4 is 51.5 Å². The molecule has 6 nitrogen and oxygen atoms in total. The van der Waals surface area contributed by atoms with Gasteiger partial charge in [0.2, 0.25) is 0 Å². The van der Waals surface area contributed by atoms with Crippen LogP contribution in [-0.4, -0.2) is 32.4 Å². The summed E-state index contributed by atoms with van der Waals surface area (Å²) in [7, 11) is 1.77. The summed E-state index contributed by atoms with van der Waals surface area (Å²) < 4.78 is 14.4. The van der Waals surface area contributed by atoms with Crippen LogP contribution in [-0.2, 0) is 0 Å². The summed E-state index contributed by atoms with van der Waals surface area (Å²) in [5.74, 6) is 5.08. The van der Waals surface area contributed by atoms with Crippen molar-refractivity contribution < 1.29 is 9.18 Å². The summed E-state index contributed by atoms with van der Waals surface area (Å²) in [4.78, 5) is 20.5. The third-order valence-corrected chi connectivity index (χ3v) is 5.71. The first-order chi connectivity index (χ1) is 14.8. The number of anilines is 1. The van der Waals surface area contributed by atoms with Crippen LogP contribution in [0.4, 0.5) is 10.2 Å². The molecule has 0 aliphatic rings. The molecule has 0 spiro atoms. The zero-order valence-electron chi connectivity index (χ0n) is 16.9. The molecule has 0 fully saturated rings. The van der Waals surface area contributed by atoms with Crippen LogP contribution < -0.4 is 11.2 Å². The van der Waals surface area contributed by atoms with E-state index < -0.39 is 11.7 Å². The van der Waals surface area contributed by atoms with Crippen molar-refractivity contribution in [3.05, 3.63) is 82.7 Å². The van der Waals surface area contributed by atoms with Gasteiger partial charge in [0, 0.05) is 51.8 Å². The minimum Gasteiger partial charge on any atom is -0.321 e. The van der Waals surface area contributed by atoms with E-state index in [-0.39, 0.29) is 11.1 Å². The molecule has 0 unspecified atom stereocenters. The van der Waals surface area contributed by atoms with E-state index in [9.17, 15) is 9.18 Å². The van der Waals surface area contributed by atoms with Crippen LogP contribution in [0.5, 0.6) is 0 Å². The Bertz CT molecular complexity index is 1140. The molecule has 0 radical (unpaired) electrons. The summed E-state index contributed by atoms with van der Waals surface area (Å²) in [5, 5.41) is 4.75. The Morgan fingerprint density at radius 2 is 2.06 bits per heavy atom. The number of carbonyl (C=O) groups is 1. The maximum Gasteiger partial charge on any atom is 0.258 e. The van der Waals surface area contributed by atoms with Crippen LogP contribution in [0.3, 0.4) is 0 Å². The summed E-state index contributed by atoms with van der Waals surface area (Å²) in [6.07, 6.45) is 5.88. The molecule has 3 aromatic rings. The number of hydrazine groups is 1. The van der Waals surface area contributed by atoms with Gasteiger partial charge < -0.3 is 10.3 Å². The number of benzene rings is 1. The van der Waals surface area contributed by atoms with Crippen LogP contribution in [0.25, 0.3) is 16.7 Å². The third kappa shape index (κ3) is 5.57. The molecule has 3 N–H and O–H groups in total. The van der Waals surface area contributed by atoms with Crippen LogP contribution in [0, 0.1) is 12.7 Å². The number of nitrogens with zero attached hydrogens (tertiary/aromatic N) is 3. The molecule has 0 aliphatic heterocycles. The molecule has 0 saturated heterocycles. The van der Waals surface area contributed by atoms with Crippen molar-refractivity contribution in [2.75, 3.05) is 16.8 Å². The summed E-state index contributed by atoms with van der Waals surface area (Å²) in [6.45, 7) is 1.53. The molecule has 1 amide bonds. The van der Waals surface area contributed by atoms with E-state index in [0.717, 1.165) is 32.9 Å². The highest BCUT2D eigenvalue weighted by Crippen LogP contribution is 2.31. The molecule has 3 rings (SSSR count). The van der Waals surface area contributed by atoms with Gasteiger partial charge in [-0.1, -0.05) is 40.3 Å². The maximum absolute atomic E-state index is 13.7. The second-order valence-corrected chi connectivity index (χ2v) is 8.00. The number of allylic oxidation sites excluding steroid dienone is 1. The molecule has 2 aromatic heterocycles. The second-order valence-electron chi connectivity index (χ2n) is 6.83. The molecule has 160 valence electrons. The molecular formula is C22H20ClFIN5O. The Labute approximate surface area is 198 Å². The lowest BCUT2D eigenvalue weighted by Crippen LogP contribution is -2.19. The van der Waals surface area contributed by atoms with Gasteiger partial charge in [-0.2, -0.15) is 0 Å². The van der Waals surface area contributed by atoms with Gasteiger partial charge in [-0.3, -0.25) is 9.78 Å². The Kier molecular flexibility index (Phi) is 7.58. The first kappa shape index (κ1) is 23.1. The number of alkyl halides is 1. The van der Waals surface area contributed by atoms with E-state index in [1.54, 1.807) is 19.3 Å². The number of amides is 1. The molecule has 1 aromatic carbocycles. The van der Waals surface area contributed by atoms with Crippen molar-refractivity contribution in [2.45, 2.75) is 6.92 Å². The number of rotatable bonds is 6. The van der Waals surface area contributed by atoms with Crippen LogP contribution in [0.15, 0.2) is 55.1 Å². The number of hydrogen-bond acceptors (Lipinski definition) is 5. The summed E-state index contributed by atoms with van der Waals surface area (Å²) in [5.41, 5.74) is 4.05. The number of carbonyl (C=O) groups excluding carboxylic acids is 1. The molecule has 9 heteroatoms. The second kappa shape index (κ2) is 10.2. The van der Waals surface area contributed by atoms with Crippen molar-refractivity contribution in [3.8, 4) is 11.1 Å². The summed E-state index contributed by atoms with van der Waals surface area (Å²) in [6, 6.07) is 9.23. The Morgan fingerprint density at radius 3 is 2.71 bits per heavy atom. The topological polar surface area (TPSA) is 84.1 Å². The fraction of sp³-hybridized carbons (Fsp3) is 0.136. The monoisotopic (exact) mass is 551 g/mol. The first-order valence-corrected chi connectivity index (χ1v) is 11.1. The van der Waals surface area contributed by atoms with Gasteiger partial charge in [0.05, 0.1) is 11.8 Å². The lowest BCUT2D eigenvalue weighted by Gasteiger charge is -2.13. The zero-order chi connectivity index (χ0) is 22.5. The smallest absolute Gasteiger partial charge is 0.258 e. The number of aromatic nitrogens is 2. The average molecular weight is 552 g/mol. The van der Waals surface area contributed by atoms with Gasteiger partial charge in [0.1, 0.15) is 11.6 Å². The van der Waals surface area contributed by atoms with Crippen molar-refractivity contribution in [2.24, 2.45) is 5.84 Å². The first-order valence-electron chi connectivity index (χ1n) is 9.22. The highest BCUT2D eigenvalue weighted by molar-refractivity contribution is 14.1. The minimum absolute atomic E-state index is 0.157. The Balaban J connectivity index is 1.85. The highest BCUT2D eigenvalue weighted by atomic mass is 127. The molecule has 2 heterocycles. The number of nitrogens with two attached hydrogens (primary N) is 1. The van der Waals surface area contributed by atoms with Gasteiger partial charge >= 0.3 is 0 Å². The molecule has 0 aliphatic carbocycles. The average Bonchev–Trinajstić information content (AvgIpc) is 2.75. The van der Waals surface area contributed by atoms with E-state index in [2.05, 4.69) is 37.9 Å². The van der Waals surface area contributed by atoms with Crippen LogP contribution in [0.2, 0.25) is 5.02 Å². The van der Waals surface area contributed by atoms with Gasteiger partial charge in [-0.15, -0.1) is 0 Å². The molecule has 0 bridgehead atoms. The third-order valence-electron chi connectivity index (χ3n) is 4.56. The standard InChI is InChI=1S/C22H20ClFIN5O/c1-13-18(10-27-11-20(13)24)22(31)29-21-6-4-15(9-28-21)17-7-14(3-5-19(17)23)16(8-25)12-30(2)26/h3-7,9-12H,8,26H2,1-2H3,(H,28,29,31)/b16-12+. The predicted molar refractivity (Wildman–Crippen MR) is 130 cm³/mol. The van der Waals surface area contributed by atoms with Gasteiger partial charge in [-0.25, -0.2) is 15.2 Å². The lowest BCUT2D eigenvalue weighted by molar-refractivity contribution is 0.102. The lowest BCUT2D eigenvalue weighted by atomic mass is 10.0. The number of nitrogens with one attached hydrogen (secondary N) is 1. The largest absolute Gasteiger partial charge is 0.321 e. The zero-order valence-corrected chi connectivity index (χ0v) is 19.8. The van der Waals surface area contributed by atoms with Crippen molar-refractivity contribution in [1.82, 2.24) is 15.0 Å². The molecule has 0 saturated carbocycles. The van der Waals surface area contributed by atoms with Crippen molar-refractivity contribution in [1.29, 1.82) is 0 Å². The molecule has 31 heavy (non-hydrogen) atoms. The SMILES string of the molecule is Cc1c(F)cncc1C(=O)Nc1ccc(-c2cc(/C(=C/N(C)N)CI)ccc2Cl)cn1. The molecular weight excluding hydrogens is 532 g/mol. The predicted octanol–water partition coefficient (Wildman–Crippen LogP) is 5.08. The minimum atomic E-state index is -0.536. The normalized spacial score (nSPS) is 11.4. The van der Waals surface area contributed by atoms with E-state index in [1.807, 2.05) is 30.5 Å². The van der Waals surface area contributed by atoms with Gasteiger partial charge in [-0.05, 0) is 42.3 Å². The highest BCUT2D eigenvalue weighted by Gasteiger charge is 2.14. The maximum atomic E-state index is 13.7. The van der Waals surface area contributed by atoms with Crippen LogP contribution in [0.1, 0.15) is 21.5 Å². The van der Waals surface area contributed by atoms with Gasteiger partial charge in [0.15, 0.2) is 0 Å². The number of pyridine rings is 2. The van der Waals surface area contributed by atoms with E-state index >= 15 is 0 Å². The number of halogens is 3. The fourth-order valence-electron chi connectivity index (χ4n) is 2.92. The quantitative estimate of drug-likeness (QED) is 0.193. The molecule has 0 atom stereocenters. The van der Waals surface area contributed by atoms with Crippen LogP contribution >= 0.6 is 34.2 Å². The Morgan fingerprint density at radius 1 is 1.29 bits per heavy atom. The van der Waals surface area contributed by atoms with E-state index in [1.165, 1.54) is 18.1 Å². The van der Waals surface area contributed by atoms with E-state index in [0.29, 0.717) is 10.8 Å². The fourth-order valence-corrected chi connectivity index (χ4v) is 3.78.